The number of aromatic nitrogens is 1. The first-order valence-electron chi connectivity index (χ1n) is 8.27. The Kier molecular flexibility index (Phi) is 5.61. The Morgan fingerprint density at radius 1 is 1.00 bits per heavy atom. The van der Waals surface area contributed by atoms with Crippen LogP contribution in [-0.2, 0) is 0 Å². The van der Waals surface area contributed by atoms with Gasteiger partial charge in [-0.1, -0.05) is 0 Å². The standard InChI is InChI=1S/C20H17F2N3O2/c1-2-27-16-6-3-14(4-7-16)25-20(26)13-9-10-23-19(11-13)24-15-5-8-17(21)18(22)12-15/h3-12H,2H2,1H3,(H,23,24)(H,25,26). The van der Waals surface area contributed by atoms with E-state index in [1.807, 2.05) is 6.92 Å². The second-order valence-electron chi connectivity index (χ2n) is 5.60. The zero-order valence-electron chi connectivity index (χ0n) is 14.5. The largest absolute Gasteiger partial charge is 0.494 e. The molecular formula is C20H17F2N3O2. The van der Waals surface area contributed by atoms with E-state index in [0.29, 0.717) is 29.4 Å². The number of rotatable bonds is 6. The molecule has 3 rings (SSSR count). The lowest BCUT2D eigenvalue weighted by Gasteiger charge is -2.09. The van der Waals surface area contributed by atoms with E-state index < -0.39 is 11.6 Å². The van der Waals surface area contributed by atoms with Gasteiger partial charge in [-0.25, -0.2) is 13.8 Å². The van der Waals surface area contributed by atoms with Gasteiger partial charge in [-0.15, -0.1) is 0 Å². The molecule has 0 unspecified atom stereocenters. The van der Waals surface area contributed by atoms with Crippen LogP contribution in [0.15, 0.2) is 60.8 Å². The van der Waals surface area contributed by atoms with Crippen LogP contribution in [0.2, 0.25) is 0 Å². The average Bonchev–Trinajstić information content (AvgIpc) is 2.67. The number of hydrogen-bond acceptors (Lipinski definition) is 4. The molecule has 0 bridgehead atoms. The second-order valence-corrected chi connectivity index (χ2v) is 5.60. The minimum Gasteiger partial charge on any atom is -0.494 e. The number of carbonyl (C=O) groups excluding carboxylic acids is 1. The van der Waals surface area contributed by atoms with Crippen LogP contribution in [0, 0.1) is 11.6 Å². The molecule has 2 N–H and O–H groups in total. The highest BCUT2D eigenvalue weighted by Gasteiger charge is 2.09. The normalized spacial score (nSPS) is 10.3. The summed E-state index contributed by atoms with van der Waals surface area (Å²) in [6.07, 6.45) is 1.45. The Balaban J connectivity index is 1.70. The van der Waals surface area contributed by atoms with Gasteiger partial charge in [0.2, 0.25) is 0 Å². The molecule has 1 amide bonds. The first kappa shape index (κ1) is 18.3. The molecule has 0 spiro atoms. The van der Waals surface area contributed by atoms with Gasteiger partial charge in [-0.05, 0) is 55.5 Å². The van der Waals surface area contributed by atoms with Crippen LogP contribution in [0.3, 0.4) is 0 Å². The van der Waals surface area contributed by atoms with Gasteiger partial charge in [-0.2, -0.15) is 0 Å². The van der Waals surface area contributed by atoms with Crippen molar-refractivity contribution >= 4 is 23.1 Å². The van der Waals surface area contributed by atoms with Gasteiger partial charge in [0.1, 0.15) is 11.6 Å². The number of pyridine rings is 1. The van der Waals surface area contributed by atoms with E-state index >= 15 is 0 Å². The van der Waals surface area contributed by atoms with Crippen molar-refractivity contribution in [1.82, 2.24) is 4.98 Å². The second kappa shape index (κ2) is 8.27. The lowest BCUT2D eigenvalue weighted by atomic mass is 10.2. The Hall–Kier alpha value is -3.48. The van der Waals surface area contributed by atoms with Crippen molar-refractivity contribution in [2.24, 2.45) is 0 Å². The van der Waals surface area contributed by atoms with E-state index in [-0.39, 0.29) is 5.91 Å². The fourth-order valence-corrected chi connectivity index (χ4v) is 2.37. The van der Waals surface area contributed by atoms with Gasteiger partial charge in [-0.3, -0.25) is 4.79 Å². The number of ether oxygens (including phenoxy) is 1. The third-order valence-corrected chi connectivity index (χ3v) is 3.64. The maximum atomic E-state index is 13.3. The Bertz CT molecular complexity index is 946. The Morgan fingerprint density at radius 2 is 1.74 bits per heavy atom. The van der Waals surface area contributed by atoms with E-state index in [0.717, 1.165) is 17.9 Å². The zero-order chi connectivity index (χ0) is 19.2. The van der Waals surface area contributed by atoms with Gasteiger partial charge in [0.15, 0.2) is 11.6 Å². The lowest BCUT2D eigenvalue weighted by Crippen LogP contribution is -2.12. The summed E-state index contributed by atoms with van der Waals surface area (Å²) < 4.78 is 31.7. The molecule has 3 aromatic rings. The Labute approximate surface area is 155 Å². The van der Waals surface area contributed by atoms with Crippen molar-refractivity contribution < 1.29 is 18.3 Å². The monoisotopic (exact) mass is 369 g/mol. The highest BCUT2D eigenvalue weighted by molar-refractivity contribution is 6.04. The SMILES string of the molecule is CCOc1ccc(NC(=O)c2ccnc(Nc3ccc(F)c(F)c3)c2)cc1. The maximum absolute atomic E-state index is 13.3. The van der Waals surface area contributed by atoms with Crippen LogP contribution in [0.4, 0.5) is 26.0 Å². The van der Waals surface area contributed by atoms with Gasteiger partial charge < -0.3 is 15.4 Å². The minimum atomic E-state index is -0.968. The first-order valence-corrected chi connectivity index (χ1v) is 8.27. The number of carbonyl (C=O) groups is 1. The molecule has 7 heteroatoms. The predicted octanol–water partition coefficient (Wildman–Crippen LogP) is 4.75. The molecule has 2 aromatic carbocycles. The molecule has 0 saturated heterocycles. The fraction of sp³-hybridized carbons (Fsp3) is 0.100. The van der Waals surface area contributed by atoms with Gasteiger partial charge in [0, 0.05) is 29.2 Å². The van der Waals surface area contributed by atoms with Crippen LogP contribution in [-0.4, -0.2) is 17.5 Å². The average molecular weight is 369 g/mol. The fourth-order valence-electron chi connectivity index (χ4n) is 2.37. The third-order valence-electron chi connectivity index (χ3n) is 3.64. The van der Waals surface area contributed by atoms with Crippen molar-refractivity contribution in [3.63, 3.8) is 0 Å². The molecule has 1 aromatic heterocycles. The molecule has 0 aliphatic rings. The van der Waals surface area contributed by atoms with Crippen LogP contribution in [0.25, 0.3) is 0 Å². The number of nitrogens with one attached hydrogen (secondary N) is 2. The molecule has 5 nitrogen and oxygen atoms in total. The van der Waals surface area contributed by atoms with Crippen molar-refractivity contribution in [3.05, 3.63) is 78.0 Å². The lowest BCUT2D eigenvalue weighted by molar-refractivity contribution is 0.102. The zero-order valence-corrected chi connectivity index (χ0v) is 14.5. The topological polar surface area (TPSA) is 63.2 Å². The van der Waals surface area contributed by atoms with Crippen molar-refractivity contribution in [3.8, 4) is 5.75 Å². The van der Waals surface area contributed by atoms with Gasteiger partial charge in [0.25, 0.3) is 5.91 Å². The molecule has 1 heterocycles. The molecule has 0 aliphatic heterocycles. The molecule has 27 heavy (non-hydrogen) atoms. The minimum absolute atomic E-state index is 0.324. The first-order chi connectivity index (χ1) is 13.0. The summed E-state index contributed by atoms with van der Waals surface area (Å²) in [5.41, 5.74) is 1.31. The van der Waals surface area contributed by atoms with E-state index in [1.165, 1.54) is 18.3 Å². The molecule has 0 atom stereocenters. The molecule has 0 aliphatic carbocycles. The third kappa shape index (κ3) is 4.78. The van der Waals surface area contributed by atoms with E-state index in [1.54, 1.807) is 30.3 Å². The summed E-state index contributed by atoms with van der Waals surface area (Å²) in [4.78, 5) is 16.5. The van der Waals surface area contributed by atoms with Crippen LogP contribution >= 0.6 is 0 Å². The quantitative estimate of drug-likeness (QED) is 0.658. The summed E-state index contributed by atoms with van der Waals surface area (Å²) >= 11 is 0. The summed E-state index contributed by atoms with van der Waals surface area (Å²) in [5.74, 6) is -1.17. The van der Waals surface area contributed by atoms with Gasteiger partial charge >= 0.3 is 0 Å². The van der Waals surface area contributed by atoms with Crippen molar-refractivity contribution in [2.75, 3.05) is 17.2 Å². The number of hydrogen-bond donors (Lipinski definition) is 2. The number of benzene rings is 2. The summed E-state index contributed by atoms with van der Waals surface area (Å²) in [5, 5.41) is 5.61. The highest BCUT2D eigenvalue weighted by atomic mass is 19.2. The van der Waals surface area contributed by atoms with Crippen LogP contribution < -0.4 is 15.4 Å². The summed E-state index contributed by atoms with van der Waals surface area (Å²) in [7, 11) is 0. The van der Waals surface area contributed by atoms with E-state index in [4.69, 9.17) is 4.74 Å². The number of amides is 1. The molecule has 138 valence electrons. The van der Waals surface area contributed by atoms with Gasteiger partial charge in [0.05, 0.1) is 6.61 Å². The highest BCUT2D eigenvalue weighted by Crippen LogP contribution is 2.20. The maximum Gasteiger partial charge on any atom is 0.255 e. The predicted molar refractivity (Wildman–Crippen MR) is 99.4 cm³/mol. The van der Waals surface area contributed by atoms with Crippen molar-refractivity contribution in [2.45, 2.75) is 6.92 Å². The van der Waals surface area contributed by atoms with Crippen LogP contribution in [0.5, 0.6) is 5.75 Å². The summed E-state index contributed by atoms with van der Waals surface area (Å²) in [6.45, 7) is 2.46. The molecular weight excluding hydrogens is 352 g/mol. The van der Waals surface area contributed by atoms with E-state index in [2.05, 4.69) is 15.6 Å². The number of nitrogens with zero attached hydrogens (tertiary/aromatic N) is 1. The summed E-state index contributed by atoms with van der Waals surface area (Å²) in [6, 6.07) is 13.5. The number of halogens is 2. The Morgan fingerprint density at radius 3 is 2.44 bits per heavy atom. The van der Waals surface area contributed by atoms with E-state index in [9.17, 15) is 13.6 Å². The number of anilines is 3. The van der Waals surface area contributed by atoms with Crippen molar-refractivity contribution in [1.29, 1.82) is 0 Å². The molecule has 0 radical (unpaired) electrons. The molecule has 0 saturated carbocycles. The molecule has 0 fully saturated rings. The smallest absolute Gasteiger partial charge is 0.255 e. The van der Waals surface area contributed by atoms with Crippen LogP contribution in [0.1, 0.15) is 17.3 Å².